The summed E-state index contributed by atoms with van der Waals surface area (Å²) in [5, 5.41) is 0. The lowest BCUT2D eigenvalue weighted by Gasteiger charge is -1.99. The molecule has 14 heavy (non-hydrogen) atoms. The number of allylic oxidation sites excluding steroid dienone is 1. The first kappa shape index (κ1) is 10.8. The van der Waals surface area contributed by atoms with Gasteiger partial charge in [0.25, 0.3) is 6.43 Å². The van der Waals surface area contributed by atoms with Crippen molar-refractivity contribution in [2.75, 3.05) is 0 Å². The number of hydrogen-bond donors (Lipinski definition) is 0. The Morgan fingerprint density at radius 3 is 2.50 bits per heavy atom. The molecule has 0 unspecified atom stereocenters. The van der Waals surface area contributed by atoms with Gasteiger partial charge in [-0.25, -0.2) is 17.6 Å². The molecule has 4 heteroatoms. The molecular weight excluding hydrogens is 196 g/mol. The number of alkyl halides is 2. The van der Waals surface area contributed by atoms with E-state index in [1.54, 1.807) is 0 Å². The lowest BCUT2D eigenvalue weighted by molar-refractivity contribution is 0.161. The third-order valence-corrected chi connectivity index (χ3v) is 1.71. The van der Waals surface area contributed by atoms with Crippen molar-refractivity contribution < 1.29 is 17.6 Å². The molecule has 0 fully saturated rings. The Kier molecular flexibility index (Phi) is 3.28. The van der Waals surface area contributed by atoms with Crippen molar-refractivity contribution >= 4 is 6.08 Å². The summed E-state index contributed by atoms with van der Waals surface area (Å²) in [6, 6.07) is 3.79. The first-order valence-electron chi connectivity index (χ1n) is 3.92. The van der Waals surface area contributed by atoms with Crippen LogP contribution >= 0.6 is 0 Å². The number of rotatable bonds is 2. The Bertz CT molecular complexity index is 355. The highest BCUT2D eigenvalue weighted by Gasteiger charge is 2.09. The highest BCUT2D eigenvalue weighted by molar-refractivity contribution is 5.52. The number of hydrogen-bond acceptors (Lipinski definition) is 0. The largest absolute Gasteiger partial charge is 0.289 e. The predicted octanol–water partition coefficient (Wildman–Crippen LogP) is 3.71. The Morgan fingerprint density at radius 2 is 2.00 bits per heavy atom. The molecule has 0 aromatic heterocycles. The van der Waals surface area contributed by atoms with E-state index in [0.29, 0.717) is 11.6 Å². The minimum Gasteiger partial charge on any atom is -0.207 e. The minimum absolute atomic E-state index is 0.0888. The summed E-state index contributed by atoms with van der Waals surface area (Å²) in [7, 11) is 0. The number of aryl methyl sites for hydroxylation is 1. The molecule has 0 heterocycles. The van der Waals surface area contributed by atoms with E-state index in [-0.39, 0.29) is 5.56 Å². The third kappa shape index (κ3) is 2.58. The van der Waals surface area contributed by atoms with Crippen molar-refractivity contribution in [1.29, 1.82) is 0 Å². The van der Waals surface area contributed by atoms with E-state index in [2.05, 4.69) is 0 Å². The van der Waals surface area contributed by atoms with Crippen LogP contribution in [0.3, 0.4) is 0 Å². The van der Waals surface area contributed by atoms with Crippen LogP contribution in [0.5, 0.6) is 0 Å². The molecule has 1 aromatic carbocycles. The van der Waals surface area contributed by atoms with Gasteiger partial charge in [0, 0.05) is 0 Å². The minimum atomic E-state index is -3.15. The highest BCUT2D eigenvalue weighted by Crippen LogP contribution is 2.16. The molecule has 0 saturated heterocycles. The van der Waals surface area contributed by atoms with E-state index >= 15 is 0 Å². The molecule has 0 nitrogen and oxygen atoms in total. The molecule has 0 bridgehead atoms. The summed E-state index contributed by atoms with van der Waals surface area (Å²) < 4.78 is 48.8. The second kappa shape index (κ2) is 4.26. The van der Waals surface area contributed by atoms with E-state index in [1.165, 1.54) is 19.1 Å². The van der Waals surface area contributed by atoms with Crippen LogP contribution in [-0.2, 0) is 0 Å². The molecule has 1 rings (SSSR count). The standard InChI is InChI=1S/C10H8F4/c1-6-2-3-7(4-8(6)11)5-9(12)10(13)14/h2-5,10H,1H3/b9-5+. The van der Waals surface area contributed by atoms with E-state index in [9.17, 15) is 17.6 Å². The Morgan fingerprint density at radius 1 is 1.36 bits per heavy atom. The fraction of sp³-hybridized carbons (Fsp3) is 0.200. The Hall–Kier alpha value is -1.32. The average Bonchev–Trinajstić information content (AvgIpc) is 2.11. The lowest BCUT2D eigenvalue weighted by atomic mass is 10.1. The zero-order valence-corrected chi connectivity index (χ0v) is 7.40. The van der Waals surface area contributed by atoms with E-state index in [0.717, 1.165) is 6.07 Å². The first-order chi connectivity index (χ1) is 6.50. The first-order valence-corrected chi connectivity index (χ1v) is 3.92. The van der Waals surface area contributed by atoms with Gasteiger partial charge < -0.3 is 0 Å². The van der Waals surface area contributed by atoms with E-state index in [4.69, 9.17) is 0 Å². The fourth-order valence-electron chi connectivity index (χ4n) is 0.921. The maximum atomic E-state index is 12.9. The van der Waals surface area contributed by atoms with Gasteiger partial charge in [-0.15, -0.1) is 0 Å². The second-order valence-corrected chi connectivity index (χ2v) is 2.84. The molecule has 0 spiro atoms. The van der Waals surface area contributed by atoms with Gasteiger partial charge in [0.1, 0.15) is 5.82 Å². The van der Waals surface area contributed by atoms with Crippen molar-refractivity contribution in [3.05, 3.63) is 41.0 Å². The predicted molar refractivity (Wildman–Crippen MR) is 46.2 cm³/mol. The molecule has 1 aromatic rings. The van der Waals surface area contributed by atoms with Gasteiger partial charge in [-0.3, -0.25) is 0 Å². The van der Waals surface area contributed by atoms with Gasteiger partial charge in [0.15, 0.2) is 5.83 Å². The monoisotopic (exact) mass is 204 g/mol. The quantitative estimate of drug-likeness (QED) is 0.644. The van der Waals surface area contributed by atoms with Crippen LogP contribution in [0.1, 0.15) is 11.1 Å². The second-order valence-electron chi connectivity index (χ2n) is 2.84. The van der Waals surface area contributed by atoms with Crippen molar-refractivity contribution in [2.45, 2.75) is 13.3 Å². The summed E-state index contributed by atoms with van der Waals surface area (Å²) in [5.41, 5.74) is 0.477. The number of halogens is 4. The number of benzene rings is 1. The lowest BCUT2D eigenvalue weighted by Crippen LogP contribution is -1.90. The van der Waals surface area contributed by atoms with Crippen LogP contribution < -0.4 is 0 Å². The molecule has 0 N–H and O–H groups in total. The van der Waals surface area contributed by atoms with Crippen LogP contribution in [0.15, 0.2) is 24.0 Å². The van der Waals surface area contributed by atoms with E-state index < -0.39 is 18.1 Å². The Labute approximate surface area is 78.9 Å². The summed E-state index contributed by atoms with van der Waals surface area (Å²) >= 11 is 0. The fourth-order valence-corrected chi connectivity index (χ4v) is 0.921. The Balaban J connectivity index is 2.98. The van der Waals surface area contributed by atoms with Crippen LogP contribution in [0.2, 0.25) is 0 Å². The summed E-state index contributed by atoms with van der Waals surface area (Å²) in [6.07, 6.45) is -2.54. The normalized spacial score (nSPS) is 12.3. The van der Waals surface area contributed by atoms with Crippen molar-refractivity contribution in [3.63, 3.8) is 0 Å². The van der Waals surface area contributed by atoms with E-state index in [1.807, 2.05) is 0 Å². The molecule has 0 aliphatic rings. The maximum Gasteiger partial charge on any atom is 0.289 e. The molecule has 0 saturated carbocycles. The van der Waals surface area contributed by atoms with Gasteiger partial charge in [-0.2, -0.15) is 0 Å². The average molecular weight is 204 g/mol. The SMILES string of the molecule is Cc1ccc(/C=C(/F)C(F)F)cc1F. The molecule has 0 aliphatic heterocycles. The van der Waals surface area contributed by atoms with Gasteiger partial charge in [0.05, 0.1) is 0 Å². The van der Waals surface area contributed by atoms with Crippen molar-refractivity contribution in [1.82, 2.24) is 0 Å². The molecule has 76 valence electrons. The summed E-state index contributed by atoms with van der Waals surface area (Å²) in [6.45, 7) is 1.53. The summed E-state index contributed by atoms with van der Waals surface area (Å²) in [4.78, 5) is 0. The highest BCUT2D eigenvalue weighted by atomic mass is 19.3. The van der Waals surface area contributed by atoms with Crippen molar-refractivity contribution in [3.8, 4) is 0 Å². The van der Waals surface area contributed by atoms with Crippen LogP contribution in [0.4, 0.5) is 17.6 Å². The third-order valence-electron chi connectivity index (χ3n) is 1.71. The molecule has 0 aliphatic carbocycles. The van der Waals surface area contributed by atoms with Crippen molar-refractivity contribution in [2.24, 2.45) is 0 Å². The van der Waals surface area contributed by atoms with Crippen LogP contribution in [-0.4, -0.2) is 6.43 Å². The van der Waals surface area contributed by atoms with Crippen LogP contribution in [0.25, 0.3) is 6.08 Å². The molecule has 0 amide bonds. The smallest absolute Gasteiger partial charge is 0.207 e. The van der Waals surface area contributed by atoms with Crippen LogP contribution in [0, 0.1) is 12.7 Å². The topological polar surface area (TPSA) is 0 Å². The molecular formula is C10H8F4. The van der Waals surface area contributed by atoms with Gasteiger partial charge in [0.2, 0.25) is 0 Å². The zero-order valence-electron chi connectivity index (χ0n) is 7.40. The maximum absolute atomic E-state index is 12.9. The molecule has 0 atom stereocenters. The van der Waals surface area contributed by atoms with Gasteiger partial charge in [-0.05, 0) is 30.2 Å². The van der Waals surface area contributed by atoms with Gasteiger partial charge in [-0.1, -0.05) is 12.1 Å². The van der Waals surface area contributed by atoms with Gasteiger partial charge >= 0.3 is 0 Å². The summed E-state index contributed by atoms with van der Waals surface area (Å²) in [5.74, 6) is -2.10. The zero-order chi connectivity index (χ0) is 10.7. The molecule has 0 radical (unpaired) electrons.